The Bertz CT molecular complexity index is 1480. The van der Waals surface area contributed by atoms with E-state index in [2.05, 4.69) is 9.97 Å². The van der Waals surface area contributed by atoms with Gasteiger partial charge in [-0.05, 0) is 61.4 Å². The van der Waals surface area contributed by atoms with Crippen molar-refractivity contribution in [2.24, 2.45) is 0 Å². The van der Waals surface area contributed by atoms with Crippen LogP contribution in [0.3, 0.4) is 0 Å². The molecule has 0 saturated carbocycles. The van der Waals surface area contributed by atoms with Crippen molar-refractivity contribution >= 4 is 66.8 Å². The molecule has 28 heavy (non-hydrogen) atoms. The van der Waals surface area contributed by atoms with Crippen molar-refractivity contribution in [1.82, 2.24) is 9.97 Å². The molecule has 0 amide bonds. The highest BCUT2D eigenvalue weighted by atomic mass is 35.5. The van der Waals surface area contributed by atoms with Crippen LogP contribution in [0, 0.1) is 13.8 Å². The van der Waals surface area contributed by atoms with Gasteiger partial charge in [0.1, 0.15) is 0 Å². The summed E-state index contributed by atoms with van der Waals surface area (Å²) in [4.78, 5) is 32.8. The Morgan fingerprint density at radius 1 is 0.607 bits per heavy atom. The van der Waals surface area contributed by atoms with Crippen molar-refractivity contribution in [2.75, 3.05) is 0 Å². The van der Waals surface area contributed by atoms with Crippen LogP contribution in [-0.2, 0) is 0 Å². The highest BCUT2D eigenvalue weighted by Crippen LogP contribution is 2.26. The first kappa shape index (κ1) is 17.3. The normalized spacial score (nSPS) is 11.9. The van der Waals surface area contributed by atoms with Crippen molar-refractivity contribution in [3.8, 4) is 0 Å². The van der Waals surface area contributed by atoms with Gasteiger partial charge in [0.15, 0.2) is 10.9 Å². The van der Waals surface area contributed by atoms with Crippen LogP contribution < -0.4 is 10.9 Å². The van der Waals surface area contributed by atoms with Crippen LogP contribution in [-0.4, -0.2) is 9.97 Å². The van der Waals surface area contributed by atoms with Crippen molar-refractivity contribution in [3.63, 3.8) is 0 Å². The first-order valence-electron chi connectivity index (χ1n) is 8.75. The molecule has 0 unspecified atom stereocenters. The van der Waals surface area contributed by atoms with Gasteiger partial charge in [0.25, 0.3) is 0 Å². The molecule has 0 aliphatic carbocycles. The maximum absolute atomic E-state index is 13.1. The summed E-state index contributed by atoms with van der Waals surface area (Å²) < 4.78 is 0. The number of aryl methyl sites for hydroxylation is 2. The fourth-order valence-electron chi connectivity index (χ4n) is 3.92. The van der Waals surface area contributed by atoms with Gasteiger partial charge in [-0.15, -0.1) is 0 Å². The number of hydrogen-bond donors (Lipinski definition) is 2. The summed E-state index contributed by atoms with van der Waals surface area (Å²) in [6, 6.07) is 10.4. The van der Waals surface area contributed by atoms with E-state index in [1.807, 2.05) is 13.8 Å². The molecule has 0 atom stereocenters. The molecule has 3 aromatic carbocycles. The fourth-order valence-corrected chi connectivity index (χ4v) is 4.46. The molecule has 0 radical (unpaired) electrons. The fraction of sp³-hybridized carbons (Fsp3) is 0.0909. The zero-order valence-electron chi connectivity index (χ0n) is 15.0. The zero-order valence-corrected chi connectivity index (χ0v) is 16.5. The van der Waals surface area contributed by atoms with E-state index in [1.165, 1.54) is 0 Å². The van der Waals surface area contributed by atoms with Gasteiger partial charge in [-0.3, -0.25) is 9.59 Å². The van der Waals surface area contributed by atoms with Crippen molar-refractivity contribution in [3.05, 3.63) is 78.0 Å². The van der Waals surface area contributed by atoms with Gasteiger partial charge in [-0.25, -0.2) is 0 Å². The average Bonchev–Trinajstić information content (AvgIpc) is 2.63. The number of H-pyrrole nitrogens is 2. The molecule has 0 fully saturated rings. The second-order valence-electron chi connectivity index (χ2n) is 7.14. The SMILES string of the molecule is Cc1cc(Cl)cc2c(=O)c3cc4[nH]c5c(C)cc(Cl)cc5c(=O)c4cc3[nH]c12. The number of halogens is 2. The monoisotopic (exact) mass is 408 g/mol. The molecule has 138 valence electrons. The van der Waals surface area contributed by atoms with Gasteiger partial charge < -0.3 is 9.97 Å². The maximum Gasteiger partial charge on any atom is 0.197 e. The van der Waals surface area contributed by atoms with Crippen LogP contribution >= 0.6 is 23.2 Å². The molecule has 0 saturated heterocycles. The van der Waals surface area contributed by atoms with Gasteiger partial charge in [-0.1, -0.05) is 23.2 Å². The molecule has 2 heterocycles. The van der Waals surface area contributed by atoms with Crippen LogP contribution in [0.15, 0.2) is 46.0 Å². The highest BCUT2D eigenvalue weighted by molar-refractivity contribution is 6.32. The predicted molar refractivity (Wildman–Crippen MR) is 117 cm³/mol. The van der Waals surface area contributed by atoms with Crippen molar-refractivity contribution in [2.45, 2.75) is 13.8 Å². The summed E-state index contributed by atoms with van der Waals surface area (Å²) in [5.74, 6) is 0. The predicted octanol–water partition coefficient (Wildman–Crippen LogP) is 5.60. The molecule has 5 rings (SSSR count). The lowest BCUT2D eigenvalue weighted by Crippen LogP contribution is -2.09. The maximum atomic E-state index is 13.1. The second kappa shape index (κ2) is 5.84. The van der Waals surface area contributed by atoms with Crippen molar-refractivity contribution < 1.29 is 0 Å². The van der Waals surface area contributed by atoms with E-state index in [0.717, 1.165) is 22.2 Å². The minimum Gasteiger partial charge on any atom is -0.354 e. The van der Waals surface area contributed by atoms with E-state index >= 15 is 0 Å². The topological polar surface area (TPSA) is 65.7 Å². The van der Waals surface area contributed by atoms with E-state index in [9.17, 15) is 9.59 Å². The van der Waals surface area contributed by atoms with E-state index in [1.54, 1.807) is 36.4 Å². The highest BCUT2D eigenvalue weighted by Gasteiger charge is 2.13. The van der Waals surface area contributed by atoms with Crippen molar-refractivity contribution in [1.29, 1.82) is 0 Å². The Balaban J connectivity index is 2.02. The third-order valence-electron chi connectivity index (χ3n) is 5.26. The lowest BCUT2D eigenvalue weighted by Gasteiger charge is -2.10. The minimum atomic E-state index is -0.120. The van der Waals surface area contributed by atoms with E-state index in [-0.39, 0.29) is 10.9 Å². The summed E-state index contributed by atoms with van der Waals surface area (Å²) in [5.41, 5.74) is 4.16. The Kier molecular flexibility index (Phi) is 3.60. The second-order valence-corrected chi connectivity index (χ2v) is 8.01. The quantitative estimate of drug-likeness (QED) is 0.327. The largest absolute Gasteiger partial charge is 0.354 e. The standard InChI is InChI=1S/C22H14Cl2N2O2/c1-9-3-11(23)5-15-19(9)25-17-7-14-18(8-13(17)21(15)27)26-20-10(2)4-12(24)6-16(20)22(14)28/h3-8H,1-2H3,(H,25,27)(H,26,28). The molecule has 2 N–H and O–H groups in total. The van der Waals surface area contributed by atoms with Crippen LogP contribution in [0.4, 0.5) is 0 Å². The Labute approximate surface area is 168 Å². The number of fused-ring (bicyclic) bond motifs is 4. The summed E-state index contributed by atoms with van der Waals surface area (Å²) in [7, 11) is 0. The lowest BCUT2D eigenvalue weighted by molar-refractivity contribution is 1.40. The lowest BCUT2D eigenvalue weighted by atomic mass is 10.0. The molecule has 6 heteroatoms. The summed E-state index contributed by atoms with van der Waals surface area (Å²) in [6.07, 6.45) is 0. The molecule has 4 nitrogen and oxygen atoms in total. The first-order chi connectivity index (χ1) is 13.3. The summed E-state index contributed by atoms with van der Waals surface area (Å²) in [5, 5.41) is 3.10. The number of rotatable bonds is 0. The number of aromatic amines is 2. The average molecular weight is 409 g/mol. The Hall–Kier alpha value is -2.82. The van der Waals surface area contributed by atoms with Crippen LogP contribution in [0.1, 0.15) is 11.1 Å². The van der Waals surface area contributed by atoms with E-state index in [4.69, 9.17) is 23.2 Å². The van der Waals surface area contributed by atoms with Crippen LogP contribution in [0.25, 0.3) is 43.6 Å². The number of pyridine rings is 2. The zero-order chi connectivity index (χ0) is 19.7. The number of nitrogens with one attached hydrogen (secondary N) is 2. The molecular formula is C22H14Cl2N2O2. The molecular weight excluding hydrogens is 395 g/mol. The first-order valence-corrected chi connectivity index (χ1v) is 9.51. The van der Waals surface area contributed by atoms with Gasteiger partial charge in [0.05, 0.1) is 22.1 Å². The number of hydrogen-bond acceptors (Lipinski definition) is 2. The molecule has 5 aromatic rings. The van der Waals surface area contributed by atoms with Gasteiger partial charge >= 0.3 is 0 Å². The Morgan fingerprint density at radius 2 is 1.00 bits per heavy atom. The minimum absolute atomic E-state index is 0.120. The summed E-state index contributed by atoms with van der Waals surface area (Å²) >= 11 is 12.3. The van der Waals surface area contributed by atoms with Gasteiger partial charge in [0, 0.05) is 31.6 Å². The summed E-state index contributed by atoms with van der Waals surface area (Å²) in [6.45, 7) is 3.78. The number of benzene rings is 3. The third-order valence-corrected chi connectivity index (χ3v) is 5.69. The molecule has 0 aliphatic heterocycles. The van der Waals surface area contributed by atoms with E-state index in [0.29, 0.717) is 42.6 Å². The van der Waals surface area contributed by atoms with Crippen LogP contribution in [0.2, 0.25) is 10.0 Å². The van der Waals surface area contributed by atoms with Crippen LogP contribution in [0.5, 0.6) is 0 Å². The third kappa shape index (κ3) is 2.38. The smallest absolute Gasteiger partial charge is 0.197 e. The van der Waals surface area contributed by atoms with E-state index < -0.39 is 0 Å². The van der Waals surface area contributed by atoms with Gasteiger partial charge in [-0.2, -0.15) is 0 Å². The molecule has 0 aliphatic rings. The number of aromatic nitrogens is 2. The molecule has 0 bridgehead atoms. The molecule has 0 spiro atoms. The Morgan fingerprint density at radius 3 is 1.39 bits per heavy atom. The van der Waals surface area contributed by atoms with Gasteiger partial charge in [0.2, 0.25) is 0 Å². The molecule has 2 aromatic heterocycles.